The fraction of sp³-hybridized carbons (Fsp3) is 0.857. The minimum absolute atomic E-state index is 0.0115. The molecule has 1 N–H and O–H groups in total. The van der Waals surface area contributed by atoms with Gasteiger partial charge in [0.1, 0.15) is 18.2 Å². The largest absolute Gasteiger partial charge is 0.462 e. The summed E-state index contributed by atoms with van der Waals surface area (Å²) in [4.78, 5) is 50.8. The molecule has 1 saturated carbocycles. The normalized spacial score (nSPS) is 25.7. The lowest BCUT2D eigenvalue weighted by Gasteiger charge is -2.45. The average Bonchev–Trinajstić information content (AvgIpc) is 2.91. The number of nitrogens with zero attached hydrogens (tertiary/aromatic N) is 3. The third-order valence-corrected chi connectivity index (χ3v) is 7.10. The van der Waals surface area contributed by atoms with Crippen molar-refractivity contribution in [1.82, 2.24) is 5.32 Å². The van der Waals surface area contributed by atoms with E-state index >= 15 is 0 Å². The van der Waals surface area contributed by atoms with Gasteiger partial charge in [-0.1, -0.05) is 43.6 Å². The van der Waals surface area contributed by atoms with Crippen LogP contribution in [0.4, 0.5) is 0 Å². The van der Waals surface area contributed by atoms with E-state index in [4.69, 9.17) is 29.2 Å². The third-order valence-electron chi connectivity index (χ3n) is 7.10. The summed E-state index contributed by atoms with van der Waals surface area (Å²) < 4.78 is 28.4. The Labute approximate surface area is 241 Å². The molecule has 2 rings (SSSR count). The number of hydrogen-bond donors (Lipinski definition) is 1. The van der Waals surface area contributed by atoms with Gasteiger partial charge in [-0.3, -0.25) is 19.2 Å². The van der Waals surface area contributed by atoms with E-state index in [1.54, 1.807) is 0 Å². The molecule has 1 aliphatic heterocycles. The first kappa shape index (κ1) is 34.3. The molecule has 1 aliphatic carbocycles. The first-order valence-corrected chi connectivity index (χ1v) is 14.8. The Morgan fingerprint density at radius 1 is 0.854 bits per heavy atom. The van der Waals surface area contributed by atoms with E-state index in [0.717, 1.165) is 25.7 Å². The zero-order chi connectivity index (χ0) is 30.0. The zero-order valence-electron chi connectivity index (χ0n) is 24.6. The molecule has 0 aromatic rings. The fourth-order valence-electron chi connectivity index (χ4n) is 5.25. The van der Waals surface area contributed by atoms with Crippen molar-refractivity contribution in [3.8, 4) is 0 Å². The van der Waals surface area contributed by atoms with Crippen LogP contribution in [0.1, 0.15) is 104 Å². The highest BCUT2D eigenvalue weighted by molar-refractivity contribution is 5.73. The number of esters is 3. The van der Waals surface area contributed by atoms with Gasteiger partial charge in [0.2, 0.25) is 5.91 Å². The SMILES string of the molecule is CC(=O)NC1C(OCCCCCC(=O)OC2CCCCCCCCC2)OC(CN=[N+]=[N-])C(OC(C)=O)C1OC(C)=O. The highest BCUT2D eigenvalue weighted by atomic mass is 16.7. The van der Waals surface area contributed by atoms with Gasteiger partial charge in [-0.15, -0.1) is 0 Å². The van der Waals surface area contributed by atoms with Crippen molar-refractivity contribution in [3.05, 3.63) is 10.4 Å². The Morgan fingerprint density at radius 3 is 2.05 bits per heavy atom. The minimum atomic E-state index is -1.14. The summed E-state index contributed by atoms with van der Waals surface area (Å²) in [5.41, 5.74) is 8.80. The summed E-state index contributed by atoms with van der Waals surface area (Å²) in [6.07, 6.45) is 8.19. The van der Waals surface area contributed by atoms with Crippen molar-refractivity contribution < 1.29 is 42.9 Å². The standard InChI is InChI=1S/C28H46N4O9/c1-19(33)31-25-27(39-21(3)35)26(38-20(2)34)23(18-30-32-29)41-28(25)37-17-13-9-12-16-24(36)40-22-14-10-7-5-4-6-8-11-15-22/h22-23,25-28H,4-18H2,1-3H3,(H,31,33). The summed E-state index contributed by atoms with van der Waals surface area (Å²) in [5.74, 6) is -1.94. The smallest absolute Gasteiger partial charge is 0.306 e. The number of carbonyl (C=O) groups excluding carboxylic acids is 4. The van der Waals surface area contributed by atoms with Crippen LogP contribution in [0.25, 0.3) is 10.4 Å². The van der Waals surface area contributed by atoms with Crippen LogP contribution in [-0.4, -0.2) is 73.7 Å². The molecule has 1 heterocycles. The molecule has 0 spiro atoms. The molecule has 0 radical (unpaired) electrons. The number of unbranched alkanes of at least 4 members (excludes halogenated alkanes) is 2. The second kappa shape index (κ2) is 19.3. The van der Waals surface area contributed by atoms with E-state index in [0.29, 0.717) is 25.7 Å². The number of carbonyl (C=O) groups is 4. The summed E-state index contributed by atoms with van der Waals surface area (Å²) in [6.45, 7) is 3.66. The second-order valence-corrected chi connectivity index (χ2v) is 10.7. The Bertz CT molecular complexity index is 886. The van der Waals surface area contributed by atoms with Crippen molar-refractivity contribution in [1.29, 1.82) is 0 Å². The third kappa shape index (κ3) is 13.5. The Balaban J connectivity index is 1.90. The molecule has 5 unspecified atom stereocenters. The van der Waals surface area contributed by atoms with Crippen molar-refractivity contribution in [2.24, 2.45) is 5.11 Å². The number of amides is 1. The quantitative estimate of drug-likeness (QED) is 0.0823. The summed E-state index contributed by atoms with van der Waals surface area (Å²) in [7, 11) is 0. The van der Waals surface area contributed by atoms with E-state index in [2.05, 4.69) is 15.3 Å². The maximum atomic E-state index is 12.4. The second-order valence-electron chi connectivity index (χ2n) is 10.7. The molecule has 0 aromatic carbocycles. The maximum Gasteiger partial charge on any atom is 0.306 e. The van der Waals surface area contributed by atoms with E-state index in [-0.39, 0.29) is 25.2 Å². The van der Waals surface area contributed by atoms with Crippen LogP contribution in [0, 0.1) is 0 Å². The molecule has 0 aromatic heterocycles. The Kier molecular flexibility index (Phi) is 16.1. The molecule has 13 nitrogen and oxygen atoms in total. The lowest BCUT2D eigenvalue weighted by Crippen LogP contribution is -2.66. The van der Waals surface area contributed by atoms with Crippen LogP contribution in [0.2, 0.25) is 0 Å². The van der Waals surface area contributed by atoms with Gasteiger partial charge in [0, 0.05) is 38.7 Å². The van der Waals surface area contributed by atoms with Gasteiger partial charge in [-0.2, -0.15) is 0 Å². The molecule has 0 bridgehead atoms. The van der Waals surface area contributed by atoms with Crippen molar-refractivity contribution >= 4 is 23.8 Å². The Hall–Kier alpha value is -2.89. The van der Waals surface area contributed by atoms with Gasteiger partial charge in [-0.25, -0.2) is 0 Å². The van der Waals surface area contributed by atoms with Crippen molar-refractivity contribution in [3.63, 3.8) is 0 Å². The molecular formula is C28H46N4O9. The van der Waals surface area contributed by atoms with Crippen LogP contribution < -0.4 is 5.32 Å². The number of ether oxygens (including phenoxy) is 5. The van der Waals surface area contributed by atoms with Crippen molar-refractivity contribution in [2.45, 2.75) is 141 Å². The van der Waals surface area contributed by atoms with Crippen LogP contribution in [0.3, 0.4) is 0 Å². The van der Waals surface area contributed by atoms with Gasteiger partial charge >= 0.3 is 17.9 Å². The zero-order valence-corrected chi connectivity index (χ0v) is 24.6. The Morgan fingerprint density at radius 2 is 1.46 bits per heavy atom. The van der Waals surface area contributed by atoms with E-state index < -0.39 is 48.5 Å². The molecule has 5 atom stereocenters. The molecule has 2 aliphatic rings. The molecule has 13 heteroatoms. The number of nitrogens with one attached hydrogen (secondary N) is 1. The monoisotopic (exact) mass is 582 g/mol. The first-order valence-electron chi connectivity index (χ1n) is 14.8. The van der Waals surface area contributed by atoms with Crippen molar-refractivity contribution in [2.75, 3.05) is 13.2 Å². The first-order chi connectivity index (χ1) is 19.7. The van der Waals surface area contributed by atoms with Crippen LogP contribution in [-0.2, 0) is 42.9 Å². The molecular weight excluding hydrogens is 536 g/mol. The minimum Gasteiger partial charge on any atom is -0.462 e. The average molecular weight is 583 g/mol. The summed E-state index contributed by atoms with van der Waals surface area (Å²) >= 11 is 0. The molecule has 232 valence electrons. The highest BCUT2D eigenvalue weighted by Crippen LogP contribution is 2.28. The van der Waals surface area contributed by atoms with Gasteiger partial charge in [0.15, 0.2) is 18.5 Å². The predicted octanol–water partition coefficient (Wildman–Crippen LogP) is 4.40. The molecule has 1 amide bonds. The highest BCUT2D eigenvalue weighted by Gasteiger charge is 2.50. The van der Waals surface area contributed by atoms with Crippen LogP contribution in [0.15, 0.2) is 5.11 Å². The van der Waals surface area contributed by atoms with E-state index in [1.807, 2.05) is 0 Å². The predicted molar refractivity (Wildman–Crippen MR) is 147 cm³/mol. The maximum absolute atomic E-state index is 12.4. The lowest BCUT2D eigenvalue weighted by molar-refractivity contribution is -0.269. The molecule has 2 fully saturated rings. The van der Waals surface area contributed by atoms with E-state index in [1.165, 1.54) is 52.9 Å². The summed E-state index contributed by atoms with van der Waals surface area (Å²) in [6, 6.07) is -0.990. The van der Waals surface area contributed by atoms with Gasteiger partial charge in [-0.05, 0) is 44.1 Å². The number of rotatable bonds is 13. The summed E-state index contributed by atoms with van der Waals surface area (Å²) in [5, 5.41) is 6.19. The fourth-order valence-corrected chi connectivity index (χ4v) is 5.25. The lowest BCUT2D eigenvalue weighted by atomic mass is 9.95. The van der Waals surface area contributed by atoms with Gasteiger partial charge in [0.05, 0.1) is 6.54 Å². The van der Waals surface area contributed by atoms with Gasteiger partial charge in [0.25, 0.3) is 0 Å². The number of azide groups is 1. The van der Waals surface area contributed by atoms with E-state index in [9.17, 15) is 19.2 Å². The number of hydrogen-bond acceptors (Lipinski definition) is 10. The van der Waals surface area contributed by atoms with Crippen LogP contribution >= 0.6 is 0 Å². The molecule has 1 saturated heterocycles. The molecule has 41 heavy (non-hydrogen) atoms. The van der Waals surface area contributed by atoms with Crippen LogP contribution in [0.5, 0.6) is 0 Å². The van der Waals surface area contributed by atoms with Gasteiger partial charge < -0.3 is 29.0 Å². The topological polar surface area (TPSA) is 175 Å².